The fourth-order valence-corrected chi connectivity index (χ4v) is 0. The molecule has 0 aliphatic heterocycles. The van der Waals surface area contributed by atoms with E-state index in [1.165, 1.54) is 0 Å². The molecule has 0 fully saturated rings. The smallest absolute Gasteiger partial charge is 0.229 e. The Morgan fingerprint density at radius 2 is 2.00 bits per heavy atom. The van der Waals surface area contributed by atoms with Crippen molar-refractivity contribution in [1.29, 1.82) is 0 Å². The highest BCUT2D eigenvalue weighted by atomic mass is 28.2. The van der Waals surface area contributed by atoms with Crippen molar-refractivity contribution < 1.29 is 14.9 Å². The summed E-state index contributed by atoms with van der Waals surface area (Å²) in [5.41, 5.74) is 0. The van der Waals surface area contributed by atoms with Gasteiger partial charge in [-0.3, -0.25) is 4.58 Å². The Bertz CT molecular complexity index is 5.25. The lowest BCUT2D eigenvalue weighted by molar-refractivity contribution is -0.439. The van der Waals surface area contributed by atoms with E-state index in [2.05, 4.69) is 9.61 Å². The third-order valence-corrected chi connectivity index (χ3v) is 0.158. The highest BCUT2D eigenvalue weighted by Crippen LogP contribution is 1.48. The van der Waals surface area contributed by atoms with Gasteiger partial charge in [0, 0.05) is 0 Å². The molecule has 3 nitrogen and oxygen atoms in total. The summed E-state index contributed by atoms with van der Waals surface area (Å²) in [6.07, 6.45) is 0. The van der Waals surface area contributed by atoms with Crippen molar-refractivity contribution in [3.8, 4) is 0 Å². The molecule has 0 heterocycles. The van der Waals surface area contributed by atoms with Gasteiger partial charge >= 0.3 is 0 Å². The van der Waals surface area contributed by atoms with Crippen LogP contribution in [0.2, 0.25) is 0 Å². The molecule has 0 rings (SSSR count). The molecule has 0 unspecified atom stereocenters. The largest absolute Gasteiger partial charge is 0.266 e. The first-order valence-electron chi connectivity index (χ1n) is 0.638. The molecule has 0 aromatic carbocycles. The molecule has 1 radical (unpaired) electrons. The van der Waals surface area contributed by atoms with Gasteiger partial charge < -0.3 is 0 Å². The van der Waals surface area contributed by atoms with Gasteiger partial charge in [0.1, 0.15) is 0 Å². The van der Waals surface area contributed by atoms with Gasteiger partial charge in [-0.05, 0) is 0 Å². The average Bonchev–Trinajstić information content (AvgIpc) is 1.37. The normalized spacial score (nSPS) is 7.50. The van der Waals surface area contributed by atoms with E-state index in [1.54, 1.807) is 0 Å². The summed E-state index contributed by atoms with van der Waals surface area (Å²) in [5.74, 6) is 0. The second kappa shape index (κ2) is 3.10. The Kier molecular flexibility index (Phi) is 3.17. The number of rotatable bonds is 1. The van der Waals surface area contributed by atoms with E-state index in [0.717, 1.165) is 10.5 Å². The van der Waals surface area contributed by atoms with Crippen LogP contribution in [0, 0.1) is 0 Å². The van der Waals surface area contributed by atoms with Gasteiger partial charge in [0.2, 0.25) is 10.5 Å². The molecule has 0 spiro atoms. The zero-order chi connectivity index (χ0) is 3.41. The first-order chi connectivity index (χ1) is 1.91. The highest BCUT2D eigenvalue weighted by molar-refractivity contribution is 5.97. The molecule has 0 aliphatic carbocycles. The summed E-state index contributed by atoms with van der Waals surface area (Å²) in [6.45, 7) is 0. The van der Waals surface area contributed by atoms with Crippen molar-refractivity contribution in [2.45, 2.75) is 0 Å². The van der Waals surface area contributed by atoms with Crippen LogP contribution in [-0.4, -0.2) is 15.7 Å². The van der Waals surface area contributed by atoms with E-state index in [-0.39, 0.29) is 0 Å². The first kappa shape index (κ1) is 4.10. The summed E-state index contributed by atoms with van der Waals surface area (Å²) in [5, 5.41) is 10.2. The fraction of sp³-hybridized carbons (Fsp3) is 0. The lowest BCUT2D eigenvalue weighted by Gasteiger charge is -1.75. The summed E-state index contributed by atoms with van der Waals surface area (Å²) in [6, 6.07) is 0. The second-order valence-corrected chi connectivity index (χ2v) is 0.428. The van der Waals surface area contributed by atoms with Crippen molar-refractivity contribution in [3.05, 3.63) is 0 Å². The van der Waals surface area contributed by atoms with E-state index >= 15 is 0 Å². The molecule has 0 saturated carbocycles. The Morgan fingerprint density at radius 3 is 2.00 bits per heavy atom. The maximum Gasteiger partial charge on any atom is 0.229 e. The van der Waals surface area contributed by atoms with Gasteiger partial charge in [0.15, 0.2) is 0 Å². The van der Waals surface area contributed by atoms with Gasteiger partial charge in [0.05, 0.1) is 0 Å². The van der Waals surface area contributed by atoms with Crippen LogP contribution >= 0.6 is 0 Å². The molecule has 0 atom stereocenters. The Hall–Kier alpha value is 0.0969. The molecule has 0 aliphatic rings. The van der Waals surface area contributed by atoms with Crippen LogP contribution in [-0.2, 0) is 9.61 Å². The molecule has 0 bridgehead atoms. The van der Waals surface area contributed by atoms with Crippen LogP contribution in [0.5, 0.6) is 0 Å². The van der Waals surface area contributed by atoms with Crippen molar-refractivity contribution in [1.82, 2.24) is 0 Å². The molecule has 25 valence electrons. The minimum Gasteiger partial charge on any atom is -0.266 e. The maximum absolute atomic E-state index is 7.16. The number of hydrogen-bond donors (Lipinski definition) is 1. The molecule has 4 heavy (non-hydrogen) atoms. The second-order valence-electron chi connectivity index (χ2n) is 0.192. The van der Waals surface area contributed by atoms with Gasteiger partial charge in [-0.15, -0.1) is 0 Å². The zero-order valence-electron chi connectivity index (χ0n) is 1.97. The Morgan fingerprint density at radius 1 is 1.75 bits per heavy atom. The first-order valence-corrected chi connectivity index (χ1v) is 1.22. The third kappa shape index (κ3) is 2.10. The van der Waals surface area contributed by atoms with Crippen molar-refractivity contribution in [3.63, 3.8) is 0 Å². The third-order valence-electron chi connectivity index (χ3n) is 0.0527. The minimum atomic E-state index is 1.05. The monoisotopic (exact) mass is 79.0 g/mol. The maximum atomic E-state index is 7.16. The predicted octanol–water partition coefficient (Wildman–Crippen LogP) is -1.04. The highest BCUT2D eigenvalue weighted by Gasteiger charge is 1.51. The molecule has 4 heteroatoms. The van der Waals surface area contributed by atoms with E-state index in [4.69, 9.17) is 5.26 Å². The van der Waals surface area contributed by atoms with E-state index in [0.29, 0.717) is 0 Å². The molecule has 0 saturated heterocycles. The number of hydrogen-bond acceptors (Lipinski definition) is 3. The van der Waals surface area contributed by atoms with Crippen LogP contribution in [0.1, 0.15) is 0 Å². The SMILES string of the molecule is OOO[SiH2]. The van der Waals surface area contributed by atoms with Crippen molar-refractivity contribution in [2.75, 3.05) is 0 Å². The van der Waals surface area contributed by atoms with Gasteiger partial charge in [0.25, 0.3) is 0 Å². The molecular formula is H3O3Si. The Balaban J connectivity index is 1.97. The Labute approximate surface area is 26.5 Å². The predicted molar refractivity (Wildman–Crippen MR) is 13.3 cm³/mol. The molecular weight excluding hydrogens is 76.1 g/mol. The van der Waals surface area contributed by atoms with Gasteiger partial charge in [-0.1, -0.05) is 5.04 Å². The van der Waals surface area contributed by atoms with Crippen LogP contribution in [0.3, 0.4) is 0 Å². The summed E-state index contributed by atoms with van der Waals surface area (Å²) in [4.78, 5) is 0. The standard InChI is InChI=1S/H3O3Si/c1-2-3-4/h1H,4H2. The topological polar surface area (TPSA) is 38.7 Å². The summed E-state index contributed by atoms with van der Waals surface area (Å²) in [7, 11) is 1.05. The van der Waals surface area contributed by atoms with Crippen LogP contribution < -0.4 is 0 Å². The lowest BCUT2D eigenvalue weighted by atomic mass is 14.6. The van der Waals surface area contributed by atoms with Crippen LogP contribution in [0.25, 0.3) is 0 Å². The van der Waals surface area contributed by atoms with Crippen molar-refractivity contribution >= 4 is 10.5 Å². The average molecular weight is 79.1 g/mol. The minimum absolute atomic E-state index is 1.05. The van der Waals surface area contributed by atoms with E-state index < -0.39 is 0 Å². The van der Waals surface area contributed by atoms with Crippen LogP contribution in [0.15, 0.2) is 0 Å². The molecule has 0 amide bonds. The summed E-state index contributed by atoms with van der Waals surface area (Å²) < 4.78 is 3.62. The van der Waals surface area contributed by atoms with E-state index in [1.807, 2.05) is 0 Å². The zero-order valence-corrected chi connectivity index (χ0v) is 3.39. The molecule has 0 aromatic heterocycles. The van der Waals surface area contributed by atoms with Crippen molar-refractivity contribution in [2.24, 2.45) is 0 Å². The molecule has 1 N–H and O–H groups in total. The van der Waals surface area contributed by atoms with Gasteiger partial charge in [-0.25, -0.2) is 5.26 Å². The summed E-state index contributed by atoms with van der Waals surface area (Å²) >= 11 is 0. The quantitative estimate of drug-likeness (QED) is 0.248. The van der Waals surface area contributed by atoms with E-state index in [9.17, 15) is 0 Å². The van der Waals surface area contributed by atoms with Crippen LogP contribution in [0.4, 0.5) is 0 Å². The lowest BCUT2D eigenvalue weighted by Crippen LogP contribution is -1.77. The molecule has 0 aromatic rings. The fourth-order valence-electron chi connectivity index (χ4n) is 0. The van der Waals surface area contributed by atoms with Gasteiger partial charge in [-0.2, -0.15) is 0 Å².